The number of sulfonamides is 1. The zero-order chi connectivity index (χ0) is 30.7. The first kappa shape index (κ1) is 32.1. The van der Waals surface area contributed by atoms with Crippen molar-refractivity contribution in [3.8, 4) is 5.75 Å². The van der Waals surface area contributed by atoms with Gasteiger partial charge in [0.15, 0.2) is 0 Å². The van der Waals surface area contributed by atoms with E-state index in [0.717, 1.165) is 17.1 Å². The first-order valence-electron chi connectivity index (χ1n) is 13.6. The zero-order valence-corrected chi connectivity index (χ0v) is 24.7. The second-order valence-electron chi connectivity index (χ2n) is 9.54. The van der Waals surface area contributed by atoms with E-state index in [1.165, 1.54) is 48.4 Å². The minimum Gasteiger partial charge on any atom is -0.497 e. The Bertz CT molecular complexity index is 1460. The molecule has 1 atom stereocenters. The van der Waals surface area contributed by atoms with E-state index in [2.05, 4.69) is 5.32 Å². The number of amides is 2. The number of anilines is 1. The van der Waals surface area contributed by atoms with Crippen LogP contribution in [0.2, 0.25) is 0 Å². The van der Waals surface area contributed by atoms with Crippen molar-refractivity contribution in [2.45, 2.75) is 50.6 Å². The third-order valence-electron chi connectivity index (χ3n) is 6.66. The number of nitrogens with zero attached hydrogens (tertiary/aromatic N) is 3. The molecule has 3 aromatic rings. The fourth-order valence-electron chi connectivity index (χ4n) is 4.38. The minimum absolute atomic E-state index is 0.0230. The van der Waals surface area contributed by atoms with Crippen LogP contribution >= 0.6 is 0 Å². The van der Waals surface area contributed by atoms with E-state index in [-0.39, 0.29) is 35.1 Å². The minimum atomic E-state index is -4.27. The second-order valence-corrected chi connectivity index (χ2v) is 11.4. The summed E-state index contributed by atoms with van der Waals surface area (Å²) < 4.78 is 33.9. The maximum Gasteiger partial charge on any atom is 0.269 e. The van der Waals surface area contributed by atoms with E-state index in [9.17, 15) is 28.1 Å². The number of nitrogens with one attached hydrogen (secondary N) is 1. The fraction of sp³-hybridized carbons (Fsp3) is 0.333. The van der Waals surface area contributed by atoms with Crippen LogP contribution in [0.4, 0.5) is 11.4 Å². The molecule has 12 heteroatoms. The van der Waals surface area contributed by atoms with Gasteiger partial charge in [-0.15, -0.1) is 0 Å². The van der Waals surface area contributed by atoms with Gasteiger partial charge in [0.05, 0.1) is 22.6 Å². The van der Waals surface area contributed by atoms with E-state index in [1.54, 1.807) is 49.4 Å². The molecule has 0 aliphatic carbocycles. The highest BCUT2D eigenvalue weighted by Crippen LogP contribution is 2.27. The van der Waals surface area contributed by atoms with Crippen LogP contribution < -0.4 is 14.4 Å². The number of rotatable bonds is 15. The summed E-state index contributed by atoms with van der Waals surface area (Å²) in [6.07, 6.45) is 1.94. The van der Waals surface area contributed by atoms with Crippen LogP contribution in [0, 0.1) is 10.1 Å². The average Bonchev–Trinajstić information content (AvgIpc) is 3.00. The molecule has 0 fully saturated rings. The highest BCUT2D eigenvalue weighted by atomic mass is 32.2. The molecule has 0 aliphatic heterocycles. The highest BCUT2D eigenvalue weighted by Gasteiger charge is 2.33. The third kappa shape index (κ3) is 8.06. The van der Waals surface area contributed by atoms with Crippen LogP contribution in [-0.2, 0) is 26.2 Å². The lowest BCUT2D eigenvalue weighted by Gasteiger charge is -2.33. The van der Waals surface area contributed by atoms with Gasteiger partial charge < -0.3 is 15.0 Å². The van der Waals surface area contributed by atoms with E-state index in [4.69, 9.17) is 4.74 Å². The summed E-state index contributed by atoms with van der Waals surface area (Å²) in [4.78, 5) is 39.3. The number of methoxy groups -OCH3 is 1. The molecular weight excluding hydrogens is 560 g/mol. The number of ether oxygens (including phenoxy) is 1. The van der Waals surface area contributed by atoms with Gasteiger partial charge in [-0.1, -0.05) is 50.6 Å². The van der Waals surface area contributed by atoms with Gasteiger partial charge in [-0.25, -0.2) is 8.42 Å². The van der Waals surface area contributed by atoms with Crippen molar-refractivity contribution in [3.05, 3.63) is 94.5 Å². The van der Waals surface area contributed by atoms with Gasteiger partial charge in [-0.2, -0.15) is 0 Å². The summed E-state index contributed by atoms with van der Waals surface area (Å²) in [5.41, 5.74) is 0.534. The topological polar surface area (TPSA) is 139 Å². The van der Waals surface area contributed by atoms with Crippen LogP contribution in [0.1, 0.15) is 38.7 Å². The van der Waals surface area contributed by atoms with Crippen molar-refractivity contribution in [1.82, 2.24) is 10.2 Å². The quantitative estimate of drug-likeness (QED) is 0.155. The number of unbranched alkanes of at least 4 members (excludes halogenated alkanes) is 1. The summed E-state index contributed by atoms with van der Waals surface area (Å²) in [7, 11) is -2.75. The fourth-order valence-corrected chi connectivity index (χ4v) is 5.82. The second kappa shape index (κ2) is 15.0. The van der Waals surface area contributed by atoms with Gasteiger partial charge in [-0.3, -0.25) is 24.0 Å². The summed E-state index contributed by atoms with van der Waals surface area (Å²) in [6, 6.07) is 18.7. The molecule has 3 aromatic carbocycles. The van der Waals surface area contributed by atoms with E-state index < -0.39 is 33.4 Å². The largest absolute Gasteiger partial charge is 0.497 e. The van der Waals surface area contributed by atoms with Gasteiger partial charge in [0.2, 0.25) is 11.8 Å². The maximum absolute atomic E-state index is 14.1. The van der Waals surface area contributed by atoms with Crippen molar-refractivity contribution in [2.75, 3.05) is 24.5 Å². The Morgan fingerprint density at radius 2 is 1.69 bits per heavy atom. The molecule has 0 spiro atoms. The maximum atomic E-state index is 14.1. The Hall–Kier alpha value is -4.45. The molecule has 2 amide bonds. The predicted molar refractivity (Wildman–Crippen MR) is 160 cm³/mol. The standard InChI is InChI=1S/C30H36N4O7S/c1-4-6-19-31-30(36)28(5-2)32(21-23-11-10-12-26(20-23)41-3)29(35)22-33(24-15-17-25(18-16-24)34(37)38)42(39,40)27-13-8-7-9-14-27/h7-18,20,28H,4-6,19,21-22H2,1-3H3,(H,31,36)/t28-/m0/s1. The van der Waals surface area contributed by atoms with Crippen molar-refractivity contribution in [2.24, 2.45) is 0 Å². The number of hydrogen-bond acceptors (Lipinski definition) is 7. The molecule has 42 heavy (non-hydrogen) atoms. The smallest absolute Gasteiger partial charge is 0.269 e. The lowest BCUT2D eigenvalue weighted by molar-refractivity contribution is -0.384. The van der Waals surface area contributed by atoms with Gasteiger partial charge in [0.1, 0.15) is 18.3 Å². The predicted octanol–water partition coefficient (Wildman–Crippen LogP) is 4.52. The van der Waals surface area contributed by atoms with E-state index in [0.29, 0.717) is 17.9 Å². The lowest BCUT2D eigenvalue weighted by atomic mass is 10.1. The summed E-state index contributed by atoms with van der Waals surface area (Å²) >= 11 is 0. The Morgan fingerprint density at radius 1 is 1.00 bits per heavy atom. The van der Waals surface area contributed by atoms with Crippen LogP contribution in [0.25, 0.3) is 0 Å². The summed E-state index contributed by atoms with van der Waals surface area (Å²) in [6.45, 7) is 3.62. The van der Waals surface area contributed by atoms with Crippen LogP contribution in [0.15, 0.2) is 83.8 Å². The first-order chi connectivity index (χ1) is 20.1. The molecule has 0 aliphatic rings. The van der Waals surface area contributed by atoms with Gasteiger partial charge in [0.25, 0.3) is 15.7 Å². The number of nitro groups is 1. The molecule has 3 rings (SSSR count). The molecule has 0 saturated heterocycles. The molecule has 0 heterocycles. The molecule has 0 aromatic heterocycles. The van der Waals surface area contributed by atoms with E-state index >= 15 is 0 Å². The Labute approximate surface area is 246 Å². The van der Waals surface area contributed by atoms with Crippen LogP contribution in [0.5, 0.6) is 5.75 Å². The number of non-ortho nitro benzene ring substituents is 1. The number of hydrogen-bond donors (Lipinski definition) is 1. The molecular formula is C30H36N4O7S. The lowest BCUT2D eigenvalue weighted by Crippen LogP contribution is -2.52. The molecule has 0 saturated carbocycles. The van der Waals surface area contributed by atoms with Crippen molar-refractivity contribution >= 4 is 33.2 Å². The first-order valence-corrected chi connectivity index (χ1v) is 15.1. The molecule has 0 bridgehead atoms. The van der Waals surface area contributed by atoms with Crippen molar-refractivity contribution < 1.29 is 27.7 Å². The van der Waals surface area contributed by atoms with Gasteiger partial charge >= 0.3 is 0 Å². The number of carbonyl (C=O) groups excluding carboxylic acids is 2. The monoisotopic (exact) mass is 596 g/mol. The van der Waals surface area contributed by atoms with Crippen LogP contribution in [-0.4, -0.2) is 56.3 Å². The number of nitro benzene ring substituents is 1. The van der Waals surface area contributed by atoms with Gasteiger partial charge in [0, 0.05) is 25.2 Å². The SMILES string of the molecule is CCCCNC(=O)[C@H](CC)N(Cc1cccc(OC)c1)C(=O)CN(c1ccc([N+](=O)[O-])cc1)S(=O)(=O)c1ccccc1. The van der Waals surface area contributed by atoms with Crippen molar-refractivity contribution in [3.63, 3.8) is 0 Å². The summed E-state index contributed by atoms with van der Waals surface area (Å²) in [5, 5.41) is 14.1. The molecule has 1 N–H and O–H groups in total. The Morgan fingerprint density at radius 3 is 2.29 bits per heavy atom. The Kier molecular flexibility index (Phi) is 11.4. The Balaban J connectivity index is 2.05. The van der Waals surface area contributed by atoms with Crippen LogP contribution in [0.3, 0.4) is 0 Å². The number of carbonyl (C=O) groups is 2. The highest BCUT2D eigenvalue weighted by molar-refractivity contribution is 7.92. The van der Waals surface area contributed by atoms with E-state index in [1.807, 2.05) is 6.92 Å². The van der Waals surface area contributed by atoms with Crippen molar-refractivity contribution in [1.29, 1.82) is 0 Å². The normalized spacial score (nSPS) is 11.8. The molecule has 0 unspecified atom stereocenters. The van der Waals surface area contributed by atoms with Gasteiger partial charge in [-0.05, 0) is 54.8 Å². The average molecular weight is 597 g/mol. The number of benzene rings is 3. The molecule has 0 radical (unpaired) electrons. The summed E-state index contributed by atoms with van der Waals surface area (Å²) in [5.74, 6) is -0.386. The molecule has 224 valence electrons. The third-order valence-corrected chi connectivity index (χ3v) is 8.45. The zero-order valence-electron chi connectivity index (χ0n) is 23.9. The molecule has 11 nitrogen and oxygen atoms in total.